The van der Waals surface area contributed by atoms with Crippen molar-refractivity contribution < 1.29 is 4.79 Å². The standard InChI is InChI=1S/C10H13ClN2OS/c11-6-3-7-12-10(14)13-8-4-1-2-5-9(8)15/h1-2,4-5,15H,3,6-7H2,(H2,12,13,14). The third-order valence-electron chi connectivity index (χ3n) is 1.75. The average molecular weight is 245 g/mol. The summed E-state index contributed by atoms with van der Waals surface area (Å²) in [7, 11) is 0. The number of thiol groups is 1. The molecule has 1 aromatic rings. The number of hydrogen-bond donors (Lipinski definition) is 3. The number of anilines is 1. The fourth-order valence-corrected chi connectivity index (χ4v) is 1.36. The van der Waals surface area contributed by atoms with Gasteiger partial charge in [0.2, 0.25) is 0 Å². The fourth-order valence-electron chi connectivity index (χ4n) is 1.01. The van der Waals surface area contributed by atoms with Crippen molar-refractivity contribution in [3.05, 3.63) is 24.3 Å². The number of para-hydroxylation sites is 1. The number of carbonyl (C=O) groups is 1. The zero-order valence-corrected chi connectivity index (χ0v) is 9.81. The summed E-state index contributed by atoms with van der Waals surface area (Å²) in [6.45, 7) is 0.573. The molecule has 0 radical (unpaired) electrons. The molecule has 0 aliphatic rings. The molecule has 0 aliphatic carbocycles. The summed E-state index contributed by atoms with van der Waals surface area (Å²) in [4.78, 5) is 12.1. The van der Waals surface area contributed by atoms with Crippen LogP contribution in [0.3, 0.4) is 0 Å². The van der Waals surface area contributed by atoms with E-state index in [1.165, 1.54) is 0 Å². The third-order valence-corrected chi connectivity index (χ3v) is 2.41. The lowest BCUT2D eigenvalue weighted by atomic mass is 10.3. The van der Waals surface area contributed by atoms with E-state index in [0.29, 0.717) is 18.1 Å². The van der Waals surface area contributed by atoms with E-state index in [4.69, 9.17) is 11.6 Å². The zero-order valence-electron chi connectivity index (χ0n) is 8.16. The van der Waals surface area contributed by atoms with Gasteiger partial charge >= 0.3 is 6.03 Å². The smallest absolute Gasteiger partial charge is 0.319 e. The minimum atomic E-state index is -0.235. The Labute approximate surface area is 99.6 Å². The maximum atomic E-state index is 11.3. The first-order valence-electron chi connectivity index (χ1n) is 4.63. The van der Waals surface area contributed by atoms with Crippen LogP contribution in [-0.2, 0) is 0 Å². The van der Waals surface area contributed by atoms with Crippen molar-refractivity contribution in [2.75, 3.05) is 17.7 Å². The lowest BCUT2D eigenvalue weighted by Crippen LogP contribution is -2.29. The number of nitrogens with one attached hydrogen (secondary N) is 2. The van der Waals surface area contributed by atoms with Crippen LogP contribution >= 0.6 is 24.2 Å². The zero-order chi connectivity index (χ0) is 11.1. The molecule has 0 bridgehead atoms. The SMILES string of the molecule is O=C(NCCCCl)Nc1ccccc1S. The number of carbonyl (C=O) groups excluding carboxylic acids is 1. The van der Waals surface area contributed by atoms with Crippen LogP contribution in [0.15, 0.2) is 29.2 Å². The van der Waals surface area contributed by atoms with Gasteiger partial charge in [-0.15, -0.1) is 24.2 Å². The number of benzene rings is 1. The van der Waals surface area contributed by atoms with E-state index in [1.807, 2.05) is 18.2 Å². The van der Waals surface area contributed by atoms with Gasteiger partial charge in [-0.3, -0.25) is 0 Å². The molecule has 0 aromatic heterocycles. The van der Waals surface area contributed by atoms with Crippen molar-refractivity contribution in [2.24, 2.45) is 0 Å². The predicted octanol–water partition coefficient (Wildman–Crippen LogP) is 2.73. The minimum absolute atomic E-state index is 0.235. The highest BCUT2D eigenvalue weighted by molar-refractivity contribution is 7.80. The minimum Gasteiger partial charge on any atom is -0.338 e. The second-order valence-corrected chi connectivity index (χ2v) is 3.80. The second kappa shape index (κ2) is 6.58. The highest BCUT2D eigenvalue weighted by Gasteiger charge is 2.02. The summed E-state index contributed by atoms with van der Waals surface area (Å²) >= 11 is 9.70. The molecule has 82 valence electrons. The summed E-state index contributed by atoms with van der Waals surface area (Å²) in [5.41, 5.74) is 0.698. The molecule has 0 spiro atoms. The number of rotatable bonds is 4. The second-order valence-electron chi connectivity index (χ2n) is 2.94. The lowest BCUT2D eigenvalue weighted by molar-refractivity contribution is 0.252. The molecule has 0 aliphatic heterocycles. The van der Waals surface area contributed by atoms with Gasteiger partial charge in [0, 0.05) is 17.3 Å². The molecule has 2 amide bonds. The molecule has 3 nitrogen and oxygen atoms in total. The number of amides is 2. The molecule has 0 unspecified atom stereocenters. The van der Waals surface area contributed by atoms with Gasteiger partial charge in [0.1, 0.15) is 0 Å². The van der Waals surface area contributed by atoms with Crippen molar-refractivity contribution in [2.45, 2.75) is 11.3 Å². The van der Waals surface area contributed by atoms with Gasteiger partial charge in [0.15, 0.2) is 0 Å². The monoisotopic (exact) mass is 244 g/mol. The topological polar surface area (TPSA) is 41.1 Å². The van der Waals surface area contributed by atoms with Crippen LogP contribution in [0.25, 0.3) is 0 Å². The fraction of sp³-hybridized carbons (Fsp3) is 0.300. The Morgan fingerprint density at radius 1 is 1.40 bits per heavy atom. The van der Waals surface area contributed by atoms with Crippen molar-refractivity contribution in [3.8, 4) is 0 Å². The largest absolute Gasteiger partial charge is 0.338 e. The number of hydrogen-bond acceptors (Lipinski definition) is 2. The molecule has 1 aromatic carbocycles. The van der Waals surface area contributed by atoms with Crippen LogP contribution in [0.2, 0.25) is 0 Å². The van der Waals surface area contributed by atoms with Crippen LogP contribution < -0.4 is 10.6 Å². The summed E-state index contributed by atoms with van der Waals surface area (Å²) in [5.74, 6) is 0.545. The van der Waals surface area contributed by atoms with Crippen molar-refractivity contribution in [1.82, 2.24) is 5.32 Å². The molecule has 2 N–H and O–H groups in total. The molecule has 15 heavy (non-hydrogen) atoms. The van der Waals surface area contributed by atoms with E-state index < -0.39 is 0 Å². The van der Waals surface area contributed by atoms with Crippen LogP contribution in [0.5, 0.6) is 0 Å². The highest BCUT2D eigenvalue weighted by Crippen LogP contribution is 2.17. The number of halogens is 1. The molecule has 0 heterocycles. The Bertz CT molecular complexity index is 333. The van der Waals surface area contributed by atoms with E-state index in [2.05, 4.69) is 23.3 Å². The molecule has 0 atom stereocenters. The van der Waals surface area contributed by atoms with Gasteiger partial charge < -0.3 is 10.6 Å². The average Bonchev–Trinajstić information content (AvgIpc) is 2.22. The first kappa shape index (κ1) is 12.2. The van der Waals surface area contributed by atoms with Crippen molar-refractivity contribution in [3.63, 3.8) is 0 Å². The number of alkyl halides is 1. The van der Waals surface area contributed by atoms with Gasteiger partial charge in [-0.2, -0.15) is 0 Å². The molecule has 0 fully saturated rings. The predicted molar refractivity (Wildman–Crippen MR) is 66.1 cm³/mol. The van der Waals surface area contributed by atoms with Gasteiger partial charge in [-0.05, 0) is 18.6 Å². The van der Waals surface area contributed by atoms with E-state index in [1.54, 1.807) is 6.07 Å². The molecular formula is C10H13ClN2OS. The van der Waals surface area contributed by atoms with Crippen molar-refractivity contribution >= 4 is 35.9 Å². The Morgan fingerprint density at radius 2 is 2.13 bits per heavy atom. The molecule has 0 saturated carbocycles. The van der Waals surface area contributed by atoms with E-state index in [9.17, 15) is 4.79 Å². The van der Waals surface area contributed by atoms with Gasteiger partial charge in [0.05, 0.1) is 5.69 Å². The van der Waals surface area contributed by atoms with Gasteiger partial charge in [-0.25, -0.2) is 4.79 Å². The first-order chi connectivity index (χ1) is 7.24. The maximum Gasteiger partial charge on any atom is 0.319 e. The third kappa shape index (κ3) is 4.44. The lowest BCUT2D eigenvalue weighted by Gasteiger charge is -2.08. The summed E-state index contributed by atoms with van der Waals surface area (Å²) in [6, 6.07) is 7.08. The molecule has 0 saturated heterocycles. The van der Waals surface area contributed by atoms with E-state index in [0.717, 1.165) is 11.3 Å². The van der Waals surface area contributed by atoms with Crippen LogP contribution in [0.1, 0.15) is 6.42 Å². The maximum absolute atomic E-state index is 11.3. The Kier molecular flexibility index (Phi) is 5.36. The number of urea groups is 1. The Hall–Kier alpha value is -0.870. The van der Waals surface area contributed by atoms with Gasteiger partial charge in [0.25, 0.3) is 0 Å². The summed E-state index contributed by atoms with van der Waals surface area (Å²) in [5, 5.41) is 5.39. The summed E-state index contributed by atoms with van der Waals surface area (Å²) in [6.07, 6.45) is 0.761. The Morgan fingerprint density at radius 3 is 2.80 bits per heavy atom. The van der Waals surface area contributed by atoms with Crippen molar-refractivity contribution in [1.29, 1.82) is 0 Å². The molecule has 1 rings (SSSR count). The summed E-state index contributed by atoms with van der Waals surface area (Å²) < 4.78 is 0. The van der Waals surface area contributed by atoms with E-state index in [-0.39, 0.29) is 6.03 Å². The van der Waals surface area contributed by atoms with E-state index >= 15 is 0 Å². The quantitative estimate of drug-likeness (QED) is 0.426. The van der Waals surface area contributed by atoms with Crippen LogP contribution in [-0.4, -0.2) is 18.5 Å². The normalized spacial score (nSPS) is 9.73. The first-order valence-corrected chi connectivity index (χ1v) is 5.61. The molecule has 5 heteroatoms. The highest BCUT2D eigenvalue weighted by atomic mass is 35.5. The molecular weight excluding hydrogens is 232 g/mol. The van der Waals surface area contributed by atoms with Crippen LogP contribution in [0, 0.1) is 0 Å². The Balaban J connectivity index is 2.41. The van der Waals surface area contributed by atoms with Gasteiger partial charge in [-0.1, -0.05) is 12.1 Å². The van der Waals surface area contributed by atoms with Crippen LogP contribution in [0.4, 0.5) is 10.5 Å².